The van der Waals surface area contributed by atoms with E-state index >= 15 is 0 Å². The van der Waals surface area contributed by atoms with E-state index in [1.165, 1.54) is 0 Å². The number of amides is 3. The molecule has 0 saturated heterocycles. The molecule has 3 amide bonds. The molecule has 0 fully saturated rings. The number of benzene rings is 2. The minimum absolute atomic E-state index is 0.0984. The van der Waals surface area contributed by atoms with Crippen molar-refractivity contribution in [2.45, 2.75) is 32.2 Å². The molecular weight excluding hydrogens is 444 g/mol. The Labute approximate surface area is 205 Å². The van der Waals surface area contributed by atoms with E-state index in [0.717, 1.165) is 22.4 Å². The van der Waals surface area contributed by atoms with E-state index in [1.54, 1.807) is 11.9 Å². The lowest BCUT2D eigenvalue weighted by molar-refractivity contribution is -0.122. The lowest BCUT2D eigenvalue weighted by atomic mass is 9.96. The molecule has 2 aromatic carbocycles. The predicted molar refractivity (Wildman–Crippen MR) is 138 cm³/mol. The molecule has 0 radical (unpaired) electrons. The Morgan fingerprint density at radius 1 is 0.914 bits per heavy atom. The van der Waals surface area contributed by atoms with Gasteiger partial charge >= 0.3 is 0 Å². The number of carbonyl (C=O) groups is 3. The maximum absolute atomic E-state index is 13.4. The predicted octanol–water partition coefficient (Wildman–Crippen LogP) is 1.29. The Morgan fingerprint density at radius 2 is 1.60 bits per heavy atom. The maximum Gasteiger partial charge on any atom is 0.229 e. The van der Waals surface area contributed by atoms with Gasteiger partial charge in [0.25, 0.3) is 0 Å². The highest BCUT2D eigenvalue weighted by atomic mass is 16.2. The average Bonchev–Trinajstić information content (AvgIpc) is 2.87. The first-order chi connectivity index (χ1) is 17.0. The van der Waals surface area contributed by atoms with Crippen LogP contribution in [0.5, 0.6) is 0 Å². The topological polar surface area (TPSA) is 143 Å². The van der Waals surface area contributed by atoms with Crippen molar-refractivity contribution in [3.63, 3.8) is 0 Å². The third-order valence-electron chi connectivity index (χ3n) is 5.86. The van der Waals surface area contributed by atoms with E-state index in [4.69, 9.17) is 11.5 Å². The maximum atomic E-state index is 13.4. The zero-order chi connectivity index (χ0) is 25.2. The molecule has 1 aliphatic rings. The molecule has 0 aliphatic carbocycles. The minimum atomic E-state index is -0.178. The van der Waals surface area contributed by atoms with Gasteiger partial charge in [-0.3, -0.25) is 14.4 Å². The second kappa shape index (κ2) is 12.6. The van der Waals surface area contributed by atoms with Gasteiger partial charge in [-0.1, -0.05) is 42.5 Å². The molecule has 0 spiro atoms. The summed E-state index contributed by atoms with van der Waals surface area (Å²) in [6, 6.07) is 15.4. The van der Waals surface area contributed by atoms with E-state index in [2.05, 4.69) is 16.0 Å². The molecule has 0 aromatic heterocycles. The van der Waals surface area contributed by atoms with Crippen LogP contribution in [0.1, 0.15) is 42.4 Å². The molecule has 1 heterocycles. The standard InChI is InChI=1S/C26H34N6O3/c1-29-22(33)11-6-12-23(34)30-15-13-24(35)32-17-18-7-2-3-8-19(18)26(31-16-14-27)25(28)20-9-4-5-10-21(20)32/h2-5,7-10,31H,6,11-17,27-28H2,1H3,(H,29,33)(H,30,34)/b26-25-. The molecule has 186 valence electrons. The van der Waals surface area contributed by atoms with Gasteiger partial charge in [-0.25, -0.2) is 0 Å². The molecule has 3 rings (SSSR count). The van der Waals surface area contributed by atoms with E-state index in [9.17, 15) is 14.4 Å². The summed E-state index contributed by atoms with van der Waals surface area (Å²) in [6.45, 7) is 1.61. The van der Waals surface area contributed by atoms with Gasteiger partial charge < -0.3 is 32.3 Å². The van der Waals surface area contributed by atoms with E-state index in [0.29, 0.717) is 43.9 Å². The summed E-state index contributed by atoms with van der Waals surface area (Å²) >= 11 is 0. The Hall–Kier alpha value is -3.85. The molecule has 0 atom stereocenters. The lowest BCUT2D eigenvalue weighted by Gasteiger charge is -2.30. The van der Waals surface area contributed by atoms with Crippen molar-refractivity contribution in [1.29, 1.82) is 0 Å². The molecule has 0 bridgehead atoms. The zero-order valence-corrected chi connectivity index (χ0v) is 20.1. The molecule has 7 N–H and O–H groups in total. The second-order valence-corrected chi connectivity index (χ2v) is 8.28. The lowest BCUT2D eigenvalue weighted by Crippen LogP contribution is -2.36. The van der Waals surface area contributed by atoms with Gasteiger partial charge in [-0.05, 0) is 18.1 Å². The molecular formula is C26H34N6O3. The van der Waals surface area contributed by atoms with Crippen LogP contribution in [-0.4, -0.2) is 44.4 Å². The minimum Gasteiger partial charge on any atom is -0.396 e. The van der Waals surface area contributed by atoms with Crippen molar-refractivity contribution in [1.82, 2.24) is 16.0 Å². The summed E-state index contributed by atoms with van der Waals surface area (Å²) < 4.78 is 0. The Balaban J connectivity index is 1.78. The largest absolute Gasteiger partial charge is 0.396 e. The Morgan fingerprint density at radius 3 is 2.34 bits per heavy atom. The number of nitrogens with zero attached hydrogens (tertiary/aromatic N) is 1. The number of anilines is 1. The Kier molecular flexibility index (Phi) is 9.25. The third-order valence-corrected chi connectivity index (χ3v) is 5.86. The van der Waals surface area contributed by atoms with Gasteiger partial charge in [0, 0.05) is 57.1 Å². The summed E-state index contributed by atoms with van der Waals surface area (Å²) in [7, 11) is 1.57. The van der Waals surface area contributed by atoms with Crippen LogP contribution in [0, 0.1) is 0 Å². The van der Waals surface area contributed by atoms with Crippen molar-refractivity contribution in [2.75, 3.05) is 31.6 Å². The van der Waals surface area contributed by atoms with Gasteiger partial charge in [-0.15, -0.1) is 0 Å². The first kappa shape index (κ1) is 25.8. The second-order valence-electron chi connectivity index (χ2n) is 8.28. The third kappa shape index (κ3) is 6.60. The molecule has 1 aliphatic heterocycles. The Bertz CT molecular complexity index is 1100. The number of fused-ring (bicyclic) bond motifs is 2. The summed E-state index contributed by atoms with van der Waals surface area (Å²) in [5, 5.41) is 8.67. The fourth-order valence-electron chi connectivity index (χ4n) is 4.05. The van der Waals surface area contributed by atoms with Crippen LogP contribution in [0.4, 0.5) is 5.69 Å². The molecule has 2 aromatic rings. The number of nitrogens with two attached hydrogens (primary N) is 2. The molecule has 9 nitrogen and oxygen atoms in total. The number of carbonyl (C=O) groups excluding carboxylic acids is 3. The highest BCUT2D eigenvalue weighted by Gasteiger charge is 2.25. The van der Waals surface area contributed by atoms with Gasteiger partial charge in [0.1, 0.15) is 0 Å². The number of para-hydroxylation sites is 1. The fourth-order valence-corrected chi connectivity index (χ4v) is 4.05. The SMILES string of the molecule is CNC(=O)CCCC(=O)NCCC(=O)N1Cc2ccccc2/C(NCCN)=C(/N)c2ccccc21. The van der Waals surface area contributed by atoms with Crippen LogP contribution in [0.2, 0.25) is 0 Å². The van der Waals surface area contributed by atoms with Crippen LogP contribution in [0.3, 0.4) is 0 Å². The van der Waals surface area contributed by atoms with Gasteiger partial charge in [0.2, 0.25) is 17.7 Å². The number of hydrogen-bond donors (Lipinski definition) is 5. The zero-order valence-electron chi connectivity index (χ0n) is 20.1. The monoisotopic (exact) mass is 478 g/mol. The van der Waals surface area contributed by atoms with Gasteiger partial charge in [0.05, 0.1) is 23.6 Å². The molecule has 35 heavy (non-hydrogen) atoms. The molecule has 9 heteroatoms. The van der Waals surface area contributed by atoms with Crippen LogP contribution < -0.4 is 32.3 Å². The summed E-state index contributed by atoms with van der Waals surface area (Å²) in [5.74, 6) is -0.397. The van der Waals surface area contributed by atoms with Crippen LogP contribution in [0.25, 0.3) is 11.4 Å². The van der Waals surface area contributed by atoms with Crippen LogP contribution in [0.15, 0.2) is 48.5 Å². The van der Waals surface area contributed by atoms with Crippen molar-refractivity contribution < 1.29 is 14.4 Å². The van der Waals surface area contributed by atoms with Crippen LogP contribution in [-0.2, 0) is 20.9 Å². The van der Waals surface area contributed by atoms with Crippen LogP contribution >= 0.6 is 0 Å². The summed E-state index contributed by atoms with van der Waals surface area (Å²) in [6.07, 6.45) is 1.13. The van der Waals surface area contributed by atoms with Crippen molar-refractivity contribution in [3.05, 3.63) is 65.2 Å². The summed E-state index contributed by atoms with van der Waals surface area (Å²) in [5.41, 5.74) is 17.1. The van der Waals surface area contributed by atoms with E-state index < -0.39 is 0 Å². The number of hydrogen-bond acceptors (Lipinski definition) is 6. The van der Waals surface area contributed by atoms with E-state index in [1.807, 2.05) is 48.5 Å². The summed E-state index contributed by atoms with van der Waals surface area (Å²) in [4.78, 5) is 38.5. The highest BCUT2D eigenvalue weighted by molar-refractivity contribution is 6.01. The molecule has 0 saturated carbocycles. The highest BCUT2D eigenvalue weighted by Crippen LogP contribution is 2.34. The van der Waals surface area contributed by atoms with Crippen molar-refractivity contribution >= 4 is 34.8 Å². The number of rotatable bonds is 10. The van der Waals surface area contributed by atoms with E-state index in [-0.39, 0.29) is 37.1 Å². The smallest absolute Gasteiger partial charge is 0.229 e. The van der Waals surface area contributed by atoms with Gasteiger partial charge in [-0.2, -0.15) is 0 Å². The first-order valence-electron chi connectivity index (χ1n) is 11.8. The van der Waals surface area contributed by atoms with Gasteiger partial charge in [0.15, 0.2) is 0 Å². The van der Waals surface area contributed by atoms with Crippen molar-refractivity contribution in [2.24, 2.45) is 11.5 Å². The first-order valence-corrected chi connectivity index (χ1v) is 11.8. The number of nitrogens with one attached hydrogen (secondary N) is 3. The normalized spacial score (nSPS) is 14.7. The average molecular weight is 479 g/mol. The van der Waals surface area contributed by atoms with Crippen molar-refractivity contribution in [3.8, 4) is 0 Å². The molecule has 0 unspecified atom stereocenters. The fraction of sp³-hybridized carbons (Fsp3) is 0.346. The quantitative estimate of drug-likeness (QED) is 0.348.